The van der Waals surface area contributed by atoms with E-state index in [0.717, 1.165) is 23.2 Å². The molecule has 0 aliphatic carbocycles. The number of benzene rings is 1. The number of rotatable bonds is 5. The molecular weight excluding hydrogens is 254 g/mol. The zero-order valence-electron chi connectivity index (χ0n) is 11.8. The minimum atomic E-state index is -0.121. The van der Waals surface area contributed by atoms with E-state index in [-0.39, 0.29) is 12.5 Å². The Morgan fingerprint density at radius 2 is 2.15 bits per heavy atom. The molecule has 0 aliphatic rings. The molecule has 0 unspecified atom stereocenters. The van der Waals surface area contributed by atoms with Crippen molar-refractivity contribution < 1.29 is 9.90 Å². The number of nitrogens with one attached hydrogen (secondary N) is 1. The first-order chi connectivity index (χ1) is 9.63. The van der Waals surface area contributed by atoms with Crippen molar-refractivity contribution in [2.75, 3.05) is 0 Å². The van der Waals surface area contributed by atoms with Crippen molar-refractivity contribution in [3.05, 3.63) is 52.8 Å². The van der Waals surface area contributed by atoms with Gasteiger partial charge in [0, 0.05) is 19.8 Å². The molecule has 1 heterocycles. The van der Waals surface area contributed by atoms with E-state index >= 15 is 0 Å². The van der Waals surface area contributed by atoms with Crippen LogP contribution >= 0.6 is 0 Å². The number of aliphatic hydroxyl groups is 1. The zero-order valence-corrected chi connectivity index (χ0v) is 11.8. The smallest absolute Gasteiger partial charge is 0.255 e. The molecule has 2 N–H and O–H groups in total. The average molecular weight is 273 g/mol. The van der Waals surface area contributed by atoms with Gasteiger partial charge in [-0.05, 0) is 17.5 Å². The lowest BCUT2D eigenvalue weighted by molar-refractivity contribution is 0.0950. The lowest BCUT2D eigenvalue weighted by atomic mass is 10.1. The highest BCUT2D eigenvalue weighted by molar-refractivity contribution is 5.95. The Hall–Kier alpha value is -2.14. The molecule has 0 spiro atoms. The number of aromatic nitrogens is 2. The van der Waals surface area contributed by atoms with Gasteiger partial charge in [0.1, 0.15) is 0 Å². The topological polar surface area (TPSA) is 67.2 Å². The van der Waals surface area contributed by atoms with Gasteiger partial charge >= 0.3 is 0 Å². The maximum Gasteiger partial charge on any atom is 0.255 e. The molecule has 0 aliphatic heterocycles. The van der Waals surface area contributed by atoms with E-state index in [0.29, 0.717) is 12.1 Å². The van der Waals surface area contributed by atoms with Gasteiger partial charge in [0.2, 0.25) is 0 Å². The second-order valence-corrected chi connectivity index (χ2v) is 4.68. The first-order valence-electron chi connectivity index (χ1n) is 6.63. The maximum atomic E-state index is 12.2. The summed E-state index contributed by atoms with van der Waals surface area (Å²) in [5, 5.41) is 16.2. The Bertz CT molecular complexity index is 605. The van der Waals surface area contributed by atoms with Gasteiger partial charge in [-0.3, -0.25) is 9.48 Å². The third-order valence-corrected chi connectivity index (χ3v) is 3.11. The first kappa shape index (κ1) is 14.3. The summed E-state index contributed by atoms with van der Waals surface area (Å²) in [6, 6.07) is 7.52. The van der Waals surface area contributed by atoms with Crippen molar-refractivity contribution in [3.8, 4) is 0 Å². The number of hydrogen-bond acceptors (Lipinski definition) is 3. The summed E-state index contributed by atoms with van der Waals surface area (Å²) in [5.41, 5.74) is 3.22. The summed E-state index contributed by atoms with van der Waals surface area (Å²) in [5.74, 6) is -0.121. The van der Waals surface area contributed by atoms with Crippen molar-refractivity contribution in [2.45, 2.75) is 26.5 Å². The molecule has 2 rings (SSSR count). The SMILES string of the molecule is CCc1nn(C)cc1C(=O)NCc1cccc(CO)c1. The van der Waals surface area contributed by atoms with Gasteiger partial charge in [-0.25, -0.2) is 0 Å². The van der Waals surface area contributed by atoms with Crippen LogP contribution in [0, 0.1) is 0 Å². The molecule has 5 heteroatoms. The molecule has 106 valence electrons. The fourth-order valence-electron chi connectivity index (χ4n) is 2.10. The summed E-state index contributed by atoms with van der Waals surface area (Å²) >= 11 is 0. The molecule has 2 aromatic rings. The second-order valence-electron chi connectivity index (χ2n) is 4.68. The second kappa shape index (κ2) is 6.34. The molecule has 0 bridgehead atoms. The average Bonchev–Trinajstić information content (AvgIpc) is 2.86. The number of aryl methyl sites for hydroxylation is 2. The molecule has 0 saturated heterocycles. The summed E-state index contributed by atoms with van der Waals surface area (Å²) in [6.07, 6.45) is 2.46. The van der Waals surface area contributed by atoms with Gasteiger partial charge in [0.15, 0.2) is 0 Å². The Morgan fingerprint density at radius 1 is 1.40 bits per heavy atom. The van der Waals surface area contributed by atoms with Crippen molar-refractivity contribution in [1.82, 2.24) is 15.1 Å². The normalized spacial score (nSPS) is 10.6. The van der Waals surface area contributed by atoms with Crippen LogP contribution in [0.2, 0.25) is 0 Å². The van der Waals surface area contributed by atoms with Crippen LogP contribution in [0.3, 0.4) is 0 Å². The molecule has 1 aromatic heterocycles. The zero-order chi connectivity index (χ0) is 14.5. The van der Waals surface area contributed by atoms with Gasteiger partial charge in [-0.1, -0.05) is 31.2 Å². The number of carbonyl (C=O) groups is 1. The van der Waals surface area contributed by atoms with E-state index in [1.807, 2.05) is 31.2 Å². The first-order valence-corrected chi connectivity index (χ1v) is 6.63. The fourth-order valence-corrected chi connectivity index (χ4v) is 2.10. The van der Waals surface area contributed by atoms with Crippen LogP contribution in [0.15, 0.2) is 30.5 Å². The minimum absolute atomic E-state index is 0.00434. The van der Waals surface area contributed by atoms with E-state index in [2.05, 4.69) is 10.4 Å². The summed E-state index contributed by atoms with van der Waals surface area (Å²) in [4.78, 5) is 12.2. The van der Waals surface area contributed by atoms with Crippen LogP contribution in [0.5, 0.6) is 0 Å². The summed E-state index contributed by atoms with van der Waals surface area (Å²) < 4.78 is 1.65. The lowest BCUT2D eigenvalue weighted by Crippen LogP contribution is -2.23. The lowest BCUT2D eigenvalue weighted by Gasteiger charge is -2.06. The minimum Gasteiger partial charge on any atom is -0.392 e. The van der Waals surface area contributed by atoms with Gasteiger partial charge in [0.05, 0.1) is 17.9 Å². The van der Waals surface area contributed by atoms with Gasteiger partial charge < -0.3 is 10.4 Å². The largest absolute Gasteiger partial charge is 0.392 e. The van der Waals surface area contributed by atoms with Crippen molar-refractivity contribution >= 4 is 5.91 Å². The monoisotopic (exact) mass is 273 g/mol. The predicted octanol–water partition coefficient (Wildman–Crippen LogP) is 1.40. The van der Waals surface area contributed by atoms with Gasteiger partial charge in [-0.15, -0.1) is 0 Å². The van der Waals surface area contributed by atoms with Crippen molar-refractivity contribution in [3.63, 3.8) is 0 Å². The number of hydrogen-bond donors (Lipinski definition) is 2. The molecule has 0 saturated carbocycles. The highest BCUT2D eigenvalue weighted by Gasteiger charge is 2.13. The van der Waals surface area contributed by atoms with E-state index in [1.165, 1.54) is 0 Å². The van der Waals surface area contributed by atoms with Crippen LogP contribution in [0.25, 0.3) is 0 Å². The van der Waals surface area contributed by atoms with E-state index < -0.39 is 0 Å². The quantitative estimate of drug-likeness (QED) is 0.865. The summed E-state index contributed by atoms with van der Waals surface area (Å²) in [6.45, 7) is 2.42. The molecule has 0 fully saturated rings. The van der Waals surface area contributed by atoms with Crippen molar-refractivity contribution in [2.24, 2.45) is 7.05 Å². The van der Waals surface area contributed by atoms with Gasteiger partial charge in [0.25, 0.3) is 5.91 Å². The van der Waals surface area contributed by atoms with Crippen LogP contribution in [-0.2, 0) is 26.6 Å². The van der Waals surface area contributed by atoms with Crippen LogP contribution < -0.4 is 5.32 Å². The Labute approximate surface area is 118 Å². The highest BCUT2D eigenvalue weighted by atomic mass is 16.3. The number of aliphatic hydroxyl groups excluding tert-OH is 1. The van der Waals surface area contributed by atoms with E-state index in [1.54, 1.807) is 17.9 Å². The maximum absolute atomic E-state index is 12.2. The molecule has 5 nitrogen and oxygen atoms in total. The molecule has 0 atom stereocenters. The number of nitrogens with zero attached hydrogens (tertiary/aromatic N) is 2. The van der Waals surface area contributed by atoms with E-state index in [4.69, 9.17) is 5.11 Å². The Morgan fingerprint density at radius 3 is 2.85 bits per heavy atom. The van der Waals surface area contributed by atoms with E-state index in [9.17, 15) is 4.79 Å². The molecule has 1 aromatic carbocycles. The molecule has 0 radical (unpaired) electrons. The highest BCUT2D eigenvalue weighted by Crippen LogP contribution is 2.09. The molecule has 1 amide bonds. The summed E-state index contributed by atoms with van der Waals surface area (Å²) in [7, 11) is 1.81. The Kier molecular flexibility index (Phi) is 4.53. The standard InChI is InChI=1S/C15H19N3O2/c1-3-14-13(9-18(2)17-14)15(20)16-8-11-5-4-6-12(7-11)10-19/h4-7,9,19H,3,8,10H2,1-2H3,(H,16,20). The molecule has 20 heavy (non-hydrogen) atoms. The Balaban J connectivity index is 2.04. The van der Waals surface area contributed by atoms with Crippen LogP contribution in [-0.4, -0.2) is 20.8 Å². The predicted molar refractivity (Wildman–Crippen MR) is 76.1 cm³/mol. The number of amides is 1. The van der Waals surface area contributed by atoms with Gasteiger partial charge in [-0.2, -0.15) is 5.10 Å². The third kappa shape index (κ3) is 3.24. The van der Waals surface area contributed by atoms with Crippen LogP contribution in [0.4, 0.5) is 0 Å². The van der Waals surface area contributed by atoms with Crippen molar-refractivity contribution in [1.29, 1.82) is 0 Å². The third-order valence-electron chi connectivity index (χ3n) is 3.11. The molecular formula is C15H19N3O2. The van der Waals surface area contributed by atoms with Crippen LogP contribution in [0.1, 0.15) is 34.1 Å². The fraction of sp³-hybridized carbons (Fsp3) is 0.333. The number of carbonyl (C=O) groups excluding carboxylic acids is 1.